The Bertz CT molecular complexity index is 1400. The van der Waals surface area contributed by atoms with Crippen molar-refractivity contribution in [3.63, 3.8) is 0 Å². The highest BCUT2D eigenvalue weighted by molar-refractivity contribution is 5.85. The summed E-state index contributed by atoms with van der Waals surface area (Å²) in [6.45, 7) is 15.1. The van der Waals surface area contributed by atoms with E-state index in [1.165, 1.54) is 12.1 Å². The number of carbonyl (C=O) groups excluding carboxylic acids is 3. The highest BCUT2D eigenvalue weighted by atomic mass is 19.1. The number of rotatable bonds is 6. The van der Waals surface area contributed by atoms with Gasteiger partial charge in [-0.25, -0.2) is 23.2 Å². The van der Waals surface area contributed by atoms with Crippen LogP contribution in [0.5, 0.6) is 0 Å². The van der Waals surface area contributed by atoms with Crippen LogP contribution in [-0.4, -0.2) is 74.4 Å². The first-order chi connectivity index (χ1) is 21.9. The smallest absolute Gasteiger partial charge is 0.411 e. The quantitative estimate of drug-likeness (QED) is 0.216. The van der Waals surface area contributed by atoms with Gasteiger partial charge in [0.2, 0.25) is 0 Å². The summed E-state index contributed by atoms with van der Waals surface area (Å²) in [6.07, 6.45) is -0.0849. The standard InChI is InChI=1S/C18H26FN3O4.C15H22FN3O2/c1-5-25-16(23)20-12-6-7-15(14(19)10-12)22-9-8-13(11-22)21-17(24)26-18(2,3)4;1-15(2,3)21-14(20)18-11-6-7-19(9-11)13-5-4-10(17)8-12(13)16/h6-7,10,13H,5,8-9,11H2,1-4H3,(H,20,23)(H,21,24);4-5,8,11H,6-7,9,17H2,1-3H3,(H,18,20)/t13-;11-/m11/s1. The van der Waals surface area contributed by atoms with Gasteiger partial charge in [0, 0.05) is 37.6 Å². The molecule has 2 heterocycles. The van der Waals surface area contributed by atoms with Gasteiger partial charge in [0.1, 0.15) is 22.8 Å². The lowest BCUT2D eigenvalue weighted by molar-refractivity contribution is 0.0497. The lowest BCUT2D eigenvalue weighted by atomic mass is 10.2. The van der Waals surface area contributed by atoms with Crippen LogP contribution in [-0.2, 0) is 14.2 Å². The van der Waals surface area contributed by atoms with Crippen molar-refractivity contribution in [3.8, 4) is 0 Å². The third-order valence-electron chi connectivity index (χ3n) is 6.94. The number of amides is 3. The van der Waals surface area contributed by atoms with E-state index in [0.29, 0.717) is 55.3 Å². The van der Waals surface area contributed by atoms with Gasteiger partial charge in [-0.3, -0.25) is 5.32 Å². The van der Waals surface area contributed by atoms with Gasteiger partial charge in [-0.2, -0.15) is 0 Å². The van der Waals surface area contributed by atoms with E-state index in [1.807, 2.05) is 30.6 Å². The van der Waals surface area contributed by atoms with Gasteiger partial charge < -0.3 is 40.4 Å². The molecule has 0 spiro atoms. The van der Waals surface area contributed by atoms with Crippen LogP contribution in [0.15, 0.2) is 36.4 Å². The third-order valence-corrected chi connectivity index (χ3v) is 6.94. The molecule has 47 heavy (non-hydrogen) atoms. The maximum absolute atomic E-state index is 14.4. The molecule has 2 aliphatic rings. The molecule has 2 aliphatic heterocycles. The summed E-state index contributed by atoms with van der Waals surface area (Å²) >= 11 is 0. The molecule has 12 nitrogen and oxygen atoms in total. The van der Waals surface area contributed by atoms with E-state index in [4.69, 9.17) is 19.9 Å². The van der Waals surface area contributed by atoms with Crippen molar-refractivity contribution in [2.45, 2.75) is 84.6 Å². The monoisotopic (exact) mass is 662 g/mol. The summed E-state index contributed by atoms with van der Waals surface area (Å²) in [6, 6.07) is 8.97. The summed E-state index contributed by atoms with van der Waals surface area (Å²) in [5, 5.41) is 8.09. The van der Waals surface area contributed by atoms with Gasteiger partial charge in [-0.1, -0.05) is 0 Å². The van der Waals surface area contributed by atoms with Crippen molar-refractivity contribution in [1.29, 1.82) is 0 Å². The average molecular weight is 663 g/mol. The zero-order valence-electron chi connectivity index (χ0n) is 28.2. The molecule has 0 aromatic heterocycles. The largest absolute Gasteiger partial charge is 0.450 e. The van der Waals surface area contributed by atoms with Crippen molar-refractivity contribution in [2.24, 2.45) is 0 Å². The average Bonchev–Trinajstić information content (AvgIpc) is 3.57. The van der Waals surface area contributed by atoms with Gasteiger partial charge in [0.25, 0.3) is 0 Å². The number of nitrogen functional groups attached to an aromatic ring is 1. The van der Waals surface area contributed by atoms with Crippen molar-refractivity contribution in [2.75, 3.05) is 53.6 Å². The van der Waals surface area contributed by atoms with E-state index in [-0.39, 0.29) is 24.5 Å². The number of hydrogen-bond acceptors (Lipinski definition) is 9. The fourth-order valence-electron chi connectivity index (χ4n) is 5.05. The molecule has 0 aliphatic carbocycles. The first-order valence-electron chi connectivity index (χ1n) is 15.7. The minimum atomic E-state index is -0.623. The highest BCUT2D eigenvalue weighted by Gasteiger charge is 2.29. The molecule has 0 radical (unpaired) electrons. The molecule has 260 valence electrons. The predicted octanol–water partition coefficient (Wildman–Crippen LogP) is 6.01. The van der Waals surface area contributed by atoms with E-state index in [9.17, 15) is 23.2 Å². The number of nitrogens with one attached hydrogen (secondary N) is 3. The second-order valence-electron chi connectivity index (χ2n) is 13.4. The molecule has 2 aromatic carbocycles. The second kappa shape index (κ2) is 15.9. The Morgan fingerprint density at radius 2 is 1.26 bits per heavy atom. The SMILES string of the molecule is CC(C)(C)OC(=O)N[C@@H]1CCN(c2ccc(N)cc2F)C1.CCOC(=O)Nc1ccc(N2CC[C@@H](NC(=O)OC(C)(C)C)C2)c(F)c1. The van der Waals surface area contributed by atoms with Gasteiger partial charge >= 0.3 is 18.3 Å². The van der Waals surface area contributed by atoms with Crippen LogP contribution in [0.1, 0.15) is 61.3 Å². The number of carbonyl (C=O) groups is 3. The zero-order valence-corrected chi connectivity index (χ0v) is 28.2. The Morgan fingerprint density at radius 1 is 0.787 bits per heavy atom. The molecule has 0 unspecified atom stereocenters. The number of halogens is 2. The molecule has 2 saturated heterocycles. The number of ether oxygens (including phenoxy) is 3. The molecule has 5 N–H and O–H groups in total. The van der Waals surface area contributed by atoms with Crippen molar-refractivity contribution >= 4 is 41.0 Å². The summed E-state index contributed by atoms with van der Waals surface area (Å²) in [4.78, 5) is 38.7. The molecule has 2 fully saturated rings. The Hall–Kier alpha value is -4.49. The van der Waals surface area contributed by atoms with Crippen LogP contribution in [0.3, 0.4) is 0 Å². The number of alkyl carbamates (subject to hydrolysis) is 2. The molecule has 0 saturated carbocycles. The summed E-state index contributed by atoms with van der Waals surface area (Å²) in [5.74, 6) is -0.787. The Morgan fingerprint density at radius 3 is 1.68 bits per heavy atom. The summed E-state index contributed by atoms with van der Waals surface area (Å²) in [5.41, 5.74) is 6.13. The minimum absolute atomic E-state index is 0.0446. The van der Waals surface area contributed by atoms with Crippen molar-refractivity contribution < 1.29 is 37.4 Å². The fourth-order valence-corrected chi connectivity index (χ4v) is 5.05. The van der Waals surface area contributed by atoms with Crippen LogP contribution in [0.25, 0.3) is 0 Å². The summed E-state index contributed by atoms with van der Waals surface area (Å²) in [7, 11) is 0. The van der Waals surface area contributed by atoms with Crippen LogP contribution in [0, 0.1) is 11.6 Å². The van der Waals surface area contributed by atoms with Gasteiger partial charge in [-0.15, -0.1) is 0 Å². The van der Waals surface area contributed by atoms with Gasteiger partial charge in [-0.05, 0) is 97.7 Å². The van der Waals surface area contributed by atoms with Gasteiger partial charge in [0.05, 0.1) is 30.1 Å². The molecular formula is C33H48F2N6O6. The number of benzene rings is 2. The second-order valence-corrected chi connectivity index (χ2v) is 13.4. The number of hydrogen-bond donors (Lipinski definition) is 4. The molecule has 4 rings (SSSR count). The minimum Gasteiger partial charge on any atom is -0.450 e. The Balaban J connectivity index is 0.000000261. The molecule has 2 aromatic rings. The van der Waals surface area contributed by atoms with E-state index in [1.54, 1.807) is 52.0 Å². The first kappa shape index (κ1) is 37.0. The van der Waals surface area contributed by atoms with E-state index in [2.05, 4.69) is 16.0 Å². The lowest BCUT2D eigenvalue weighted by Crippen LogP contribution is -2.40. The van der Waals surface area contributed by atoms with Crippen molar-refractivity contribution in [1.82, 2.24) is 10.6 Å². The first-order valence-corrected chi connectivity index (χ1v) is 15.7. The number of nitrogens with two attached hydrogens (primary N) is 1. The van der Waals surface area contributed by atoms with Crippen LogP contribution in [0.2, 0.25) is 0 Å². The Labute approximate surface area is 275 Å². The van der Waals surface area contributed by atoms with Crippen LogP contribution in [0.4, 0.5) is 45.9 Å². The summed E-state index contributed by atoms with van der Waals surface area (Å²) < 4.78 is 43.5. The number of anilines is 4. The van der Waals surface area contributed by atoms with Crippen LogP contribution < -0.4 is 31.5 Å². The molecule has 0 bridgehead atoms. The zero-order chi connectivity index (χ0) is 34.9. The van der Waals surface area contributed by atoms with Crippen molar-refractivity contribution in [3.05, 3.63) is 48.0 Å². The van der Waals surface area contributed by atoms with E-state index >= 15 is 0 Å². The molecular weight excluding hydrogens is 614 g/mol. The third kappa shape index (κ3) is 12.3. The lowest BCUT2D eigenvalue weighted by Gasteiger charge is -2.23. The van der Waals surface area contributed by atoms with Gasteiger partial charge in [0.15, 0.2) is 0 Å². The topological polar surface area (TPSA) is 147 Å². The highest BCUT2D eigenvalue weighted by Crippen LogP contribution is 2.27. The fraction of sp³-hybridized carbons (Fsp3) is 0.545. The molecule has 14 heteroatoms. The normalized spacial score (nSPS) is 17.7. The molecule has 2 atom stereocenters. The Kier molecular flexibility index (Phi) is 12.5. The maximum atomic E-state index is 14.4. The predicted molar refractivity (Wildman–Crippen MR) is 178 cm³/mol. The van der Waals surface area contributed by atoms with Crippen LogP contribution >= 0.6 is 0 Å². The van der Waals surface area contributed by atoms with E-state index < -0.39 is 35.3 Å². The van der Waals surface area contributed by atoms with E-state index in [0.717, 1.165) is 6.42 Å². The number of nitrogens with zero attached hydrogens (tertiary/aromatic N) is 2. The maximum Gasteiger partial charge on any atom is 0.411 e. The molecule has 3 amide bonds.